The van der Waals surface area contributed by atoms with Crippen LogP contribution in [-0.4, -0.2) is 23.4 Å². The fraction of sp³-hybridized carbons (Fsp3) is 0.231. The number of ether oxygens (including phenoxy) is 2. The van der Waals surface area contributed by atoms with Gasteiger partial charge in [-0.1, -0.05) is 0 Å². The van der Waals surface area contributed by atoms with Crippen molar-refractivity contribution < 1.29 is 9.47 Å². The number of methoxy groups -OCH3 is 2. The molecule has 156 valence electrons. The molecule has 3 aromatic heterocycles. The van der Waals surface area contributed by atoms with Gasteiger partial charge in [0, 0.05) is 57.5 Å². The summed E-state index contributed by atoms with van der Waals surface area (Å²) >= 11 is 1.78. The van der Waals surface area contributed by atoms with Crippen molar-refractivity contribution in [2.75, 3.05) is 14.2 Å². The van der Waals surface area contributed by atoms with Crippen LogP contribution in [0.4, 0.5) is 0 Å². The molecule has 0 bridgehead atoms. The molecule has 0 amide bonds. The van der Waals surface area contributed by atoms with Crippen LogP contribution in [0.15, 0.2) is 47.2 Å². The van der Waals surface area contributed by atoms with E-state index < -0.39 is 0 Å². The van der Waals surface area contributed by atoms with Gasteiger partial charge in [-0.2, -0.15) is 11.3 Å². The lowest BCUT2D eigenvalue weighted by Crippen LogP contribution is -1.99. The first-order valence-electron chi connectivity index (χ1n) is 10.7. The predicted octanol–water partition coefficient (Wildman–Crippen LogP) is 7.17. The highest BCUT2D eigenvalue weighted by molar-refractivity contribution is 7.09. The number of thiophene rings is 1. The molecule has 0 atom stereocenters. The van der Waals surface area contributed by atoms with E-state index in [1.807, 2.05) is 0 Å². The van der Waals surface area contributed by atoms with Gasteiger partial charge in [0.2, 0.25) is 0 Å². The van der Waals surface area contributed by atoms with Crippen LogP contribution in [0.2, 0.25) is 0 Å². The van der Waals surface area contributed by atoms with Gasteiger partial charge in [0.25, 0.3) is 0 Å². The predicted molar refractivity (Wildman–Crippen MR) is 132 cm³/mol. The Bertz CT molecular complexity index is 1510. The number of nitrogens with zero attached hydrogens (tertiary/aromatic N) is 2. The molecule has 0 aliphatic carbocycles. The first-order chi connectivity index (χ1) is 15.2. The Labute approximate surface area is 184 Å². The quantitative estimate of drug-likeness (QED) is 0.298. The van der Waals surface area contributed by atoms with Crippen LogP contribution in [0.1, 0.15) is 13.8 Å². The summed E-state index contributed by atoms with van der Waals surface area (Å²) in [6.45, 7) is 6.24. The molecule has 0 saturated heterocycles. The molecule has 0 unspecified atom stereocenters. The normalized spacial score (nSPS) is 12.1. The fourth-order valence-electron chi connectivity index (χ4n) is 5.29. The van der Waals surface area contributed by atoms with Crippen molar-refractivity contribution in [2.45, 2.75) is 26.9 Å². The topological polar surface area (TPSA) is 28.3 Å². The Morgan fingerprint density at radius 2 is 1.13 bits per heavy atom. The summed E-state index contributed by atoms with van der Waals surface area (Å²) in [6.07, 6.45) is 0. The average molecular weight is 429 g/mol. The molecule has 4 nitrogen and oxygen atoms in total. The molecule has 3 heterocycles. The van der Waals surface area contributed by atoms with Crippen molar-refractivity contribution in [1.29, 1.82) is 0 Å². The lowest BCUT2D eigenvalue weighted by Gasteiger charge is -2.10. The number of aromatic nitrogens is 2. The van der Waals surface area contributed by atoms with E-state index in [1.165, 1.54) is 54.4 Å². The van der Waals surface area contributed by atoms with Gasteiger partial charge in [-0.3, -0.25) is 0 Å². The molecule has 0 aliphatic heterocycles. The van der Waals surface area contributed by atoms with Crippen LogP contribution in [0.5, 0.6) is 11.5 Å². The van der Waals surface area contributed by atoms with E-state index in [4.69, 9.17) is 9.47 Å². The number of benzene rings is 3. The third-order valence-electron chi connectivity index (χ3n) is 6.60. The Kier molecular flexibility index (Phi) is 3.99. The third-order valence-corrected chi connectivity index (χ3v) is 7.34. The first-order valence-corrected chi connectivity index (χ1v) is 11.6. The van der Waals surface area contributed by atoms with E-state index in [0.29, 0.717) is 0 Å². The van der Waals surface area contributed by atoms with Crippen LogP contribution in [-0.2, 0) is 13.1 Å². The van der Waals surface area contributed by atoms with Gasteiger partial charge in [-0.15, -0.1) is 0 Å². The van der Waals surface area contributed by atoms with Crippen LogP contribution in [0.25, 0.3) is 54.4 Å². The molecule has 0 radical (unpaired) electrons. The van der Waals surface area contributed by atoms with Crippen LogP contribution in [0, 0.1) is 0 Å². The van der Waals surface area contributed by atoms with Gasteiger partial charge in [-0.05, 0) is 48.9 Å². The number of fused-ring (bicyclic) bond motifs is 10. The number of hydrogen-bond donors (Lipinski definition) is 0. The Morgan fingerprint density at radius 1 is 0.677 bits per heavy atom. The number of hydrogen-bond acceptors (Lipinski definition) is 3. The summed E-state index contributed by atoms with van der Waals surface area (Å²) in [7, 11) is 3.47. The summed E-state index contributed by atoms with van der Waals surface area (Å²) in [4.78, 5) is 0. The fourth-order valence-corrected chi connectivity index (χ4v) is 6.12. The highest BCUT2D eigenvalue weighted by Gasteiger charge is 2.23. The van der Waals surface area contributed by atoms with Crippen molar-refractivity contribution in [1.82, 2.24) is 9.13 Å². The standard InChI is InChI=1S/C26H24N2O2S/c1-5-27-21-11-15(29-3)7-9-17(21)23-19-13-31-14-20(19)24-18-10-8-16(30-4)12-22(18)28(6-2)26(24)25(23)27/h7-14H,5-6H2,1-4H3. The number of aryl methyl sites for hydroxylation is 2. The van der Waals surface area contributed by atoms with Gasteiger partial charge in [0.1, 0.15) is 11.5 Å². The van der Waals surface area contributed by atoms with Crippen molar-refractivity contribution in [3.63, 3.8) is 0 Å². The molecule has 0 N–H and O–H groups in total. The SMILES string of the molecule is CCn1c2cc(OC)ccc2c2c3cscc3c3c4ccc(OC)cc4n(CC)c3c21. The van der Waals surface area contributed by atoms with E-state index in [9.17, 15) is 0 Å². The summed E-state index contributed by atoms with van der Waals surface area (Å²) in [5.74, 6) is 1.78. The van der Waals surface area contributed by atoms with Crippen molar-refractivity contribution in [3.05, 3.63) is 47.2 Å². The summed E-state index contributed by atoms with van der Waals surface area (Å²) < 4.78 is 16.0. The summed E-state index contributed by atoms with van der Waals surface area (Å²) in [6, 6.07) is 12.9. The lowest BCUT2D eigenvalue weighted by molar-refractivity contribution is 0.415. The van der Waals surface area contributed by atoms with Crippen LogP contribution < -0.4 is 9.47 Å². The highest BCUT2D eigenvalue weighted by atomic mass is 32.1. The minimum Gasteiger partial charge on any atom is -0.497 e. The zero-order valence-corrected chi connectivity index (χ0v) is 19.0. The monoisotopic (exact) mass is 428 g/mol. The van der Waals surface area contributed by atoms with Crippen molar-refractivity contribution in [2.24, 2.45) is 0 Å². The molecule has 0 fully saturated rings. The average Bonchev–Trinajstić information content (AvgIpc) is 3.49. The molecule has 6 rings (SSSR count). The zero-order valence-electron chi connectivity index (χ0n) is 18.2. The second-order valence-electron chi connectivity index (χ2n) is 7.90. The third kappa shape index (κ3) is 2.30. The molecular weight excluding hydrogens is 404 g/mol. The second kappa shape index (κ2) is 6.66. The Morgan fingerprint density at radius 3 is 1.52 bits per heavy atom. The molecule has 0 saturated carbocycles. The molecule has 0 aliphatic rings. The Balaban J connectivity index is 1.98. The van der Waals surface area contributed by atoms with E-state index >= 15 is 0 Å². The van der Waals surface area contributed by atoms with Gasteiger partial charge < -0.3 is 18.6 Å². The van der Waals surface area contributed by atoms with E-state index in [0.717, 1.165) is 24.6 Å². The summed E-state index contributed by atoms with van der Waals surface area (Å²) in [5.41, 5.74) is 5.07. The largest absolute Gasteiger partial charge is 0.497 e. The van der Waals surface area contributed by atoms with Crippen molar-refractivity contribution >= 4 is 65.7 Å². The number of rotatable bonds is 4. The lowest BCUT2D eigenvalue weighted by atomic mass is 10.0. The maximum atomic E-state index is 5.57. The van der Waals surface area contributed by atoms with Crippen LogP contribution >= 0.6 is 11.3 Å². The molecule has 0 spiro atoms. The summed E-state index contributed by atoms with van der Waals surface area (Å²) in [5, 5.41) is 12.5. The van der Waals surface area contributed by atoms with Gasteiger partial charge >= 0.3 is 0 Å². The van der Waals surface area contributed by atoms with E-state index in [-0.39, 0.29) is 0 Å². The Hall–Kier alpha value is -3.18. The minimum absolute atomic E-state index is 0.892. The maximum absolute atomic E-state index is 5.57. The second-order valence-corrected chi connectivity index (χ2v) is 8.64. The van der Waals surface area contributed by atoms with Gasteiger partial charge in [0.05, 0.1) is 36.3 Å². The minimum atomic E-state index is 0.892. The first kappa shape index (κ1) is 18.6. The van der Waals surface area contributed by atoms with Gasteiger partial charge in [-0.25, -0.2) is 0 Å². The van der Waals surface area contributed by atoms with E-state index in [2.05, 4.69) is 70.1 Å². The molecular formula is C26H24N2O2S. The zero-order chi connectivity index (χ0) is 21.3. The highest BCUT2D eigenvalue weighted by Crippen LogP contribution is 2.46. The smallest absolute Gasteiger partial charge is 0.120 e. The molecule has 31 heavy (non-hydrogen) atoms. The van der Waals surface area contributed by atoms with Crippen molar-refractivity contribution in [3.8, 4) is 11.5 Å². The van der Waals surface area contributed by atoms with Gasteiger partial charge in [0.15, 0.2) is 0 Å². The molecule has 3 aromatic carbocycles. The van der Waals surface area contributed by atoms with E-state index in [1.54, 1.807) is 25.6 Å². The molecule has 5 heteroatoms. The van der Waals surface area contributed by atoms with Crippen LogP contribution in [0.3, 0.4) is 0 Å². The molecule has 6 aromatic rings. The maximum Gasteiger partial charge on any atom is 0.120 e.